The number of ether oxygens (including phenoxy) is 1. The number of nitrogens with one attached hydrogen (secondary N) is 1. The highest BCUT2D eigenvalue weighted by Crippen LogP contribution is 2.27. The molecule has 0 aliphatic carbocycles. The van der Waals surface area contributed by atoms with Gasteiger partial charge in [-0.15, -0.1) is 0 Å². The van der Waals surface area contributed by atoms with Crippen molar-refractivity contribution in [1.29, 1.82) is 0 Å². The van der Waals surface area contributed by atoms with Crippen molar-refractivity contribution in [2.24, 2.45) is 0 Å². The molecule has 0 saturated carbocycles. The van der Waals surface area contributed by atoms with Crippen molar-refractivity contribution in [2.75, 3.05) is 5.32 Å². The van der Waals surface area contributed by atoms with Crippen LogP contribution in [0.15, 0.2) is 69.6 Å². The van der Waals surface area contributed by atoms with E-state index in [1.807, 2.05) is 54.6 Å². The van der Waals surface area contributed by atoms with Crippen LogP contribution in [0.4, 0.5) is 5.69 Å². The molecule has 0 aliphatic rings. The molecule has 0 radical (unpaired) electrons. The normalized spacial score (nSPS) is 10.6. The summed E-state index contributed by atoms with van der Waals surface area (Å²) >= 11 is 19.1. The minimum atomic E-state index is 0.378. The molecule has 0 spiro atoms. The zero-order valence-corrected chi connectivity index (χ0v) is 18.3. The first-order valence-electron chi connectivity index (χ1n) is 7.86. The average Bonchev–Trinajstić information content (AvgIpc) is 2.62. The van der Waals surface area contributed by atoms with E-state index in [0.717, 1.165) is 31.5 Å². The summed E-state index contributed by atoms with van der Waals surface area (Å²) in [4.78, 5) is 0. The van der Waals surface area contributed by atoms with Crippen molar-refractivity contribution in [3.63, 3.8) is 0 Å². The van der Waals surface area contributed by atoms with Crippen LogP contribution in [0.1, 0.15) is 11.1 Å². The molecular weight excluding hydrogens is 501 g/mol. The first-order valence-corrected chi connectivity index (χ1v) is 10.2. The molecule has 0 amide bonds. The lowest BCUT2D eigenvalue weighted by Gasteiger charge is -2.14. The molecule has 3 aromatic carbocycles. The van der Waals surface area contributed by atoms with Crippen molar-refractivity contribution in [3.8, 4) is 5.75 Å². The second kappa shape index (κ2) is 9.14. The molecule has 0 fully saturated rings. The second-order valence-corrected chi connectivity index (χ2v) is 8.31. The predicted octanol–water partition coefficient (Wildman–Crippen LogP) is 7.71. The summed E-state index contributed by atoms with van der Waals surface area (Å²) in [5.41, 5.74) is 2.98. The van der Waals surface area contributed by atoms with Gasteiger partial charge in [-0.2, -0.15) is 0 Å². The zero-order valence-electron chi connectivity index (χ0n) is 13.6. The predicted molar refractivity (Wildman–Crippen MR) is 116 cm³/mol. The molecule has 0 unspecified atom stereocenters. The van der Waals surface area contributed by atoms with E-state index in [2.05, 4.69) is 37.2 Å². The summed E-state index contributed by atoms with van der Waals surface area (Å²) < 4.78 is 8.06. The molecule has 0 aliphatic heterocycles. The first kappa shape index (κ1) is 19.6. The van der Waals surface area contributed by atoms with Gasteiger partial charge in [0.25, 0.3) is 0 Å². The molecule has 0 heterocycles. The van der Waals surface area contributed by atoms with Crippen LogP contribution in [0.5, 0.6) is 5.75 Å². The Hall–Kier alpha value is -1.20. The molecule has 0 bridgehead atoms. The molecular formula is C20H15Br2Cl2NO. The number of rotatable bonds is 6. The maximum absolute atomic E-state index is 6.23. The van der Waals surface area contributed by atoms with Crippen LogP contribution in [-0.4, -0.2) is 0 Å². The molecule has 6 heteroatoms. The maximum Gasteiger partial charge on any atom is 0.124 e. The van der Waals surface area contributed by atoms with Crippen LogP contribution < -0.4 is 10.1 Å². The van der Waals surface area contributed by atoms with Gasteiger partial charge in [-0.25, -0.2) is 0 Å². The average molecular weight is 516 g/mol. The van der Waals surface area contributed by atoms with Crippen LogP contribution >= 0.6 is 55.1 Å². The maximum atomic E-state index is 6.23. The Morgan fingerprint density at radius 2 is 1.54 bits per heavy atom. The summed E-state index contributed by atoms with van der Waals surface area (Å²) in [6, 6.07) is 19.4. The summed E-state index contributed by atoms with van der Waals surface area (Å²) in [5, 5.41) is 4.62. The first-order chi connectivity index (χ1) is 12.5. The lowest BCUT2D eigenvalue weighted by molar-refractivity contribution is 0.303. The summed E-state index contributed by atoms with van der Waals surface area (Å²) in [7, 11) is 0. The van der Waals surface area contributed by atoms with Crippen molar-refractivity contribution < 1.29 is 4.74 Å². The van der Waals surface area contributed by atoms with Crippen LogP contribution in [0.25, 0.3) is 0 Å². The molecule has 3 rings (SSSR count). The third-order valence-corrected chi connectivity index (χ3v) is 5.36. The van der Waals surface area contributed by atoms with Gasteiger partial charge in [0.2, 0.25) is 0 Å². The van der Waals surface area contributed by atoms with Gasteiger partial charge >= 0.3 is 0 Å². The summed E-state index contributed by atoms with van der Waals surface area (Å²) in [5.74, 6) is 0.809. The molecule has 1 N–H and O–H groups in total. The minimum absolute atomic E-state index is 0.378. The minimum Gasteiger partial charge on any atom is -0.488 e. The van der Waals surface area contributed by atoms with Crippen molar-refractivity contribution in [3.05, 3.63) is 90.8 Å². The smallest absolute Gasteiger partial charge is 0.124 e. The number of anilines is 1. The largest absolute Gasteiger partial charge is 0.488 e. The van der Waals surface area contributed by atoms with E-state index in [1.54, 1.807) is 6.07 Å². The Morgan fingerprint density at radius 3 is 2.27 bits per heavy atom. The lowest BCUT2D eigenvalue weighted by Crippen LogP contribution is -2.04. The van der Waals surface area contributed by atoms with Crippen LogP contribution in [-0.2, 0) is 13.2 Å². The molecule has 134 valence electrons. The molecule has 0 saturated heterocycles. The monoisotopic (exact) mass is 513 g/mol. The van der Waals surface area contributed by atoms with E-state index < -0.39 is 0 Å². The van der Waals surface area contributed by atoms with Crippen molar-refractivity contribution in [1.82, 2.24) is 0 Å². The van der Waals surface area contributed by atoms with Gasteiger partial charge in [0, 0.05) is 42.3 Å². The number of halogens is 4. The molecule has 2 nitrogen and oxygen atoms in total. The molecule has 3 aromatic rings. The van der Waals surface area contributed by atoms with E-state index in [9.17, 15) is 0 Å². The van der Waals surface area contributed by atoms with Crippen molar-refractivity contribution >= 4 is 60.7 Å². The fraction of sp³-hybridized carbons (Fsp3) is 0.100. The summed E-state index contributed by atoms with van der Waals surface area (Å²) in [6.45, 7) is 1.02. The van der Waals surface area contributed by atoms with Gasteiger partial charge in [-0.3, -0.25) is 0 Å². The highest BCUT2D eigenvalue weighted by Gasteiger charge is 2.08. The Bertz CT molecular complexity index is 901. The standard InChI is InChI=1S/C20H15Br2Cl2NO/c21-15-2-6-18(7-3-15)25-11-14-9-16(22)4-8-20(14)26-12-13-1-5-17(23)10-19(13)24/h1-10,25H,11-12H2. The van der Waals surface area contributed by atoms with E-state index in [1.165, 1.54) is 0 Å². The van der Waals surface area contributed by atoms with Gasteiger partial charge in [-0.05, 0) is 54.6 Å². The van der Waals surface area contributed by atoms with Crippen molar-refractivity contribution in [2.45, 2.75) is 13.2 Å². The number of hydrogen-bond donors (Lipinski definition) is 1. The Balaban J connectivity index is 1.71. The fourth-order valence-corrected chi connectivity index (χ4v) is 3.52. The fourth-order valence-electron chi connectivity index (χ4n) is 2.39. The van der Waals surface area contributed by atoms with E-state index in [4.69, 9.17) is 27.9 Å². The number of benzene rings is 3. The van der Waals surface area contributed by atoms with Crippen LogP contribution in [0, 0.1) is 0 Å². The SMILES string of the molecule is Clc1ccc(COc2ccc(Br)cc2CNc2ccc(Br)cc2)c(Cl)c1. The highest BCUT2D eigenvalue weighted by molar-refractivity contribution is 9.10. The lowest BCUT2D eigenvalue weighted by atomic mass is 10.2. The quantitative estimate of drug-likeness (QED) is 0.363. The van der Waals surface area contributed by atoms with Crippen LogP contribution in [0.3, 0.4) is 0 Å². The zero-order chi connectivity index (χ0) is 18.5. The highest BCUT2D eigenvalue weighted by atomic mass is 79.9. The third kappa shape index (κ3) is 5.40. The Kier molecular flexibility index (Phi) is 6.87. The summed E-state index contributed by atoms with van der Waals surface area (Å²) in [6.07, 6.45) is 0. The third-order valence-electron chi connectivity index (χ3n) is 3.75. The number of hydrogen-bond acceptors (Lipinski definition) is 2. The van der Waals surface area contributed by atoms with Gasteiger partial charge in [-0.1, -0.05) is 61.1 Å². The van der Waals surface area contributed by atoms with Gasteiger partial charge in [0.05, 0.1) is 0 Å². The molecule has 26 heavy (non-hydrogen) atoms. The van der Waals surface area contributed by atoms with E-state index in [0.29, 0.717) is 23.2 Å². The molecule has 0 atom stereocenters. The Labute approximate surface area is 179 Å². The van der Waals surface area contributed by atoms with Gasteiger partial charge < -0.3 is 10.1 Å². The van der Waals surface area contributed by atoms with E-state index >= 15 is 0 Å². The topological polar surface area (TPSA) is 21.3 Å². The van der Waals surface area contributed by atoms with Gasteiger partial charge in [0.1, 0.15) is 12.4 Å². The van der Waals surface area contributed by atoms with Crippen LogP contribution in [0.2, 0.25) is 10.0 Å². The molecule has 0 aromatic heterocycles. The Morgan fingerprint density at radius 1 is 0.808 bits per heavy atom. The van der Waals surface area contributed by atoms with Gasteiger partial charge in [0.15, 0.2) is 0 Å². The second-order valence-electron chi connectivity index (χ2n) is 5.64. The van der Waals surface area contributed by atoms with E-state index in [-0.39, 0.29) is 0 Å².